The first-order valence-corrected chi connectivity index (χ1v) is 9.44. The van der Waals surface area contributed by atoms with Crippen LogP contribution >= 0.6 is 11.8 Å². The largest absolute Gasteiger partial charge is 0.302 e. The normalized spacial score (nSPS) is 34.7. The topological polar surface area (TPSA) is 6.48 Å². The number of likely N-dealkylation sites (tertiary alicyclic amines) is 2. The van der Waals surface area contributed by atoms with E-state index in [9.17, 15) is 0 Å². The standard InChI is InChI=1S/C16H30N2S/c1-3-9-17(10-4-1)13-15-7-8-16(19-15)14-18-11-5-2-6-12-18/h15-16H,1-14H2/t15-,16+. The van der Waals surface area contributed by atoms with Gasteiger partial charge in [-0.05, 0) is 64.7 Å². The van der Waals surface area contributed by atoms with Crippen molar-refractivity contribution >= 4 is 11.8 Å². The predicted molar refractivity (Wildman–Crippen MR) is 85.0 cm³/mol. The van der Waals surface area contributed by atoms with E-state index in [1.807, 2.05) is 0 Å². The van der Waals surface area contributed by atoms with Crippen LogP contribution in [-0.4, -0.2) is 59.6 Å². The van der Waals surface area contributed by atoms with E-state index in [1.54, 1.807) is 0 Å². The van der Waals surface area contributed by atoms with Gasteiger partial charge in [0.2, 0.25) is 0 Å². The van der Waals surface area contributed by atoms with Crippen molar-refractivity contribution in [3.63, 3.8) is 0 Å². The highest BCUT2D eigenvalue weighted by molar-refractivity contribution is 8.00. The van der Waals surface area contributed by atoms with Gasteiger partial charge in [-0.15, -0.1) is 0 Å². The van der Waals surface area contributed by atoms with Crippen molar-refractivity contribution in [3.05, 3.63) is 0 Å². The summed E-state index contributed by atoms with van der Waals surface area (Å²) in [5.74, 6) is 0. The van der Waals surface area contributed by atoms with Gasteiger partial charge in [-0.25, -0.2) is 0 Å². The molecule has 0 unspecified atom stereocenters. The fourth-order valence-electron chi connectivity index (χ4n) is 3.91. The number of nitrogens with zero attached hydrogens (tertiary/aromatic N) is 2. The van der Waals surface area contributed by atoms with Crippen LogP contribution in [0.2, 0.25) is 0 Å². The average Bonchev–Trinajstić information content (AvgIpc) is 2.88. The average molecular weight is 282 g/mol. The van der Waals surface area contributed by atoms with Crippen molar-refractivity contribution in [1.82, 2.24) is 9.80 Å². The summed E-state index contributed by atoms with van der Waals surface area (Å²) >= 11 is 2.31. The molecule has 0 N–H and O–H groups in total. The molecule has 3 rings (SSSR count). The van der Waals surface area contributed by atoms with E-state index in [0.29, 0.717) is 0 Å². The van der Waals surface area contributed by atoms with Crippen LogP contribution in [-0.2, 0) is 0 Å². The molecule has 0 radical (unpaired) electrons. The van der Waals surface area contributed by atoms with Gasteiger partial charge in [0, 0.05) is 23.6 Å². The third kappa shape index (κ3) is 4.37. The number of hydrogen-bond acceptors (Lipinski definition) is 3. The maximum atomic E-state index is 2.73. The molecule has 2 atom stereocenters. The molecule has 3 aliphatic rings. The Labute approximate surface area is 123 Å². The van der Waals surface area contributed by atoms with Crippen LogP contribution in [0.25, 0.3) is 0 Å². The summed E-state index contributed by atoms with van der Waals surface area (Å²) < 4.78 is 0. The van der Waals surface area contributed by atoms with E-state index in [4.69, 9.17) is 0 Å². The minimum atomic E-state index is 0.938. The first-order chi connectivity index (χ1) is 9.40. The lowest BCUT2D eigenvalue weighted by molar-refractivity contribution is 0.225. The first-order valence-electron chi connectivity index (χ1n) is 8.50. The van der Waals surface area contributed by atoms with Gasteiger partial charge >= 0.3 is 0 Å². The Morgan fingerprint density at radius 2 is 1.05 bits per heavy atom. The minimum Gasteiger partial charge on any atom is -0.302 e. The first kappa shape index (κ1) is 14.2. The number of hydrogen-bond donors (Lipinski definition) is 0. The van der Waals surface area contributed by atoms with Gasteiger partial charge in [-0.3, -0.25) is 0 Å². The quantitative estimate of drug-likeness (QED) is 0.782. The molecular weight excluding hydrogens is 252 g/mol. The molecule has 0 spiro atoms. The molecule has 0 aromatic heterocycles. The zero-order chi connectivity index (χ0) is 12.9. The summed E-state index contributed by atoms with van der Waals surface area (Å²) in [5, 5.41) is 1.88. The summed E-state index contributed by atoms with van der Waals surface area (Å²) in [6.45, 7) is 8.23. The van der Waals surface area contributed by atoms with Crippen LogP contribution in [0.5, 0.6) is 0 Å². The van der Waals surface area contributed by atoms with E-state index < -0.39 is 0 Å². The van der Waals surface area contributed by atoms with Gasteiger partial charge in [-0.1, -0.05) is 12.8 Å². The molecule has 3 saturated heterocycles. The zero-order valence-electron chi connectivity index (χ0n) is 12.4. The molecule has 0 saturated carbocycles. The molecule has 3 fully saturated rings. The maximum Gasteiger partial charge on any atom is 0.0178 e. The summed E-state index contributed by atoms with van der Waals surface area (Å²) in [6.07, 6.45) is 11.6. The molecule has 0 aliphatic carbocycles. The van der Waals surface area contributed by atoms with Crippen molar-refractivity contribution in [1.29, 1.82) is 0 Å². The molecule has 3 heterocycles. The van der Waals surface area contributed by atoms with Crippen molar-refractivity contribution in [2.24, 2.45) is 0 Å². The lowest BCUT2D eigenvalue weighted by Gasteiger charge is -2.30. The second kappa shape index (κ2) is 7.33. The highest BCUT2D eigenvalue weighted by Crippen LogP contribution is 2.35. The van der Waals surface area contributed by atoms with E-state index in [0.717, 1.165) is 10.5 Å². The lowest BCUT2D eigenvalue weighted by Crippen LogP contribution is -2.35. The Hall–Kier alpha value is 0.270. The smallest absolute Gasteiger partial charge is 0.0178 e. The predicted octanol–water partition coefficient (Wildman–Crippen LogP) is 3.22. The van der Waals surface area contributed by atoms with Crippen LogP contribution in [0.4, 0.5) is 0 Å². The van der Waals surface area contributed by atoms with Gasteiger partial charge in [-0.2, -0.15) is 11.8 Å². The zero-order valence-corrected chi connectivity index (χ0v) is 13.2. The molecule has 3 aliphatic heterocycles. The van der Waals surface area contributed by atoms with Crippen molar-refractivity contribution < 1.29 is 0 Å². The maximum absolute atomic E-state index is 2.73. The van der Waals surface area contributed by atoms with Gasteiger partial charge in [0.05, 0.1) is 0 Å². The fraction of sp³-hybridized carbons (Fsp3) is 1.00. The highest BCUT2D eigenvalue weighted by Gasteiger charge is 2.28. The Morgan fingerprint density at radius 1 is 0.632 bits per heavy atom. The third-order valence-electron chi connectivity index (χ3n) is 5.02. The molecular formula is C16H30N2S. The molecule has 3 heteroatoms. The van der Waals surface area contributed by atoms with Crippen molar-refractivity contribution in [2.75, 3.05) is 39.3 Å². The van der Waals surface area contributed by atoms with E-state index >= 15 is 0 Å². The van der Waals surface area contributed by atoms with Crippen LogP contribution in [0.3, 0.4) is 0 Å². The Morgan fingerprint density at radius 3 is 1.47 bits per heavy atom. The monoisotopic (exact) mass is 282 g/mol. The van der Waals surface area contributed by atoms with Crippen LogP contribution in [0.1, 0.15) is 51.4 Å². The van der Waals surface area contributed by atoms with Gasteiger partial charge in [0.25, 0.3) is 0 Å². The number of rotatable bonds is 4. The molecule has 0 amide bonds. The van der Waals surface area contributed by atoms with Crippen molar-refractivity contribution in [3.8, 4) is 0 Å². The summed E-state index contributed by atoms with van der Waals surface area (Å²) in [4.78, 5) is 5.45. The minimum absolute atomic E-state index is 0.938. The van der Waals surface area contributed by atoms with Crippen LogP contribution < -0.4 is 0 Å². The lowest BCUT2D eigenvalue weighted by atomic mass is 10.1. The van der Waals surface area contributed by atoms with Gasteiger partial charge in [0.1, 0.15) is 0 Å². The number of thioether (sulfide) groups is 1. The van der Waals surface area contributed by atoms with E-state index in [1.165, 1.54) is 90.6 Å². The van der Waals surface area contributed by atoms with Gasteiger partial charge in [0.15, 0.2) is 0 Å². The van der Waals surface area contributed by atoms with Gasteiger partial charge < -0.3 is 9.80 Å². The summed E-state index contributed by atoms with van der Waals surface area (Å²) in [6, 6.07) is 0. The summed E-state index contributed by atoms with van der Waals surface area (Å²) in [7, 11) is 0. The van der Waals surface area contributed by atoms with Crippen molar-refractivity contribution in [2.45, 2.75) is 61.9 Å². The number of piperidine rings is 2. The fourth-order valence-corrected chi connectivity index (χ4v) is 5.59. The van der Waals surface area contributed by atoms with E-state index in [2.05, 4.69) is 21.6 Å². The molecule has 0 aromatic rings. The SMILES string of the molecule is C1CCN(C[C@H]2CC[C@@H](CN3CCCCC3)S2)CC1. The van der Waals surface area contributed by atoms with Crippen LogP contribution in [0, 0.1) is 0 Å². The molecule has 19 heavy (non-hydrogen) atoms. The summed E-state index contributed by atoms with van der Waals surface area (Å²) in [5.41, 5.74) is 0. The molecule has 2 nitrogen and oxygen atoms in total. The van der Waals surface area contributed by atoms with E-state index in [-0.39, 0.29) is 0 Å². The second-order valence-electron chi connectivity index (χ2n) is 6.68. The Bertz CT molecular complexity index is 233. The molecule has 110 valence electrons. The Kier molecular flexibility index (Phi) is 5.48. The molecule has 0 aromatic carbocycles. The third-order valence-corrected chi connectivity index (χ3v) is 6.56. The Balaban J connectivity index is 1.37. The highest BCUT2D eigenvalue weighted by atomic mass is 32.2. The molecule has 0 bridgehead atoms. The second-order valence-corrected chi connectivity index (χ2v) is 8.29. The van der Waals surface area contributed by atoms with Crippen LogP contribution in [0.15, 0.2) is 0 Å².